The fourth-order valence-corrected chi connectivity index (χ4v) is 2.88. The molecule has 3 aromatic rings. The molecule has 148 valence electrons. The lowest BCUT2D eigenvalue weighted by Crippen LogP contribution is -2.38. The number of pyridine rings is 1. The molecular formula is C21H16F3N2O2S+. The van der Waals surface area contributed by atoms with Gasteiger partial charge < -0.3 is 15.2 Å². The van der Waals surface area contributed by atoms with Crippen LogP contribution in [0.15, 0.2) is 79.1 Å². The van der Waals surface area contributed by atoms with Gasteiger partial charge in [-0.1, -0.05) is 30.4 Å². The fourth-order valence-electron chi connectivity index (χ4n) is 2.57. The number of aromatic nitrogens is 1. The molecule has 2 N–H and O–H groups in total. The van der Waals surface area contributed by atoms with E-state index >= 15 is 0 Å². The van der Waals surface area contributed by atoms with E-state index in [4.69, 9.17) is 12.2 Å². The van der Waals surface area contributed by atoms with Gasteiger partial charge in [0.25, 0.3) is 5.70 Å². The van der Waals surface area contributed by atoms with Crippen LogP contribution in [-0.4, -0.2) is 16.7 Å². The van der Waals surface area contributed by atoms with Crippen molar-refractivity contribution in [2.45, 2.75) is 6.61 Å². The molecule has 0 radical (unpaired) electrons. The molecule has 0 unspecified atom stereocenters. The lowest BCUT2D eigenvalue weighted by atomic mass is 10.1. The Kier molecular flexibility index (Phi) is 6.46. The molecule has 3 rings (SSSR count). The second-order valence-electron chi connectivity index (χ2n) is 5.82. The summed E-state index contributed by atoms with van der Waals surface area (Å²) in [5.41, 5.74) is 0.655. The van der Waals surface area contributed by atoms with E-state index in [9.17, 15) is 18.3 Å². The number of rotatable bonds is 6. The van der Waals surface area contributed by atoms with E-state index in [0.29, 0.717) is 5.56 Å². The third kappa shape index (κ3) is 5.11. The molecule has 1 heterocycles. The molecule has 1 aromatic heterocycles. The number of hydrogen-bond acceptors (Lipinski definition) is 3. The van der Waals surface area contributed by atoms with Crippen LogP contribution < -0.4 is 14.6 Å². The lowest BCUT2D eigenvalue weighted by molar-refractivity contribution is -0.575. The minimum atomic E-state index is -2.95. The normalized spacial score (nSPS) is 11.7. The molecule has 0 amide bonds. The summed E-state index contributed by atoms with van der Waals surface area (Å²) in [6.07, 6.45) is 3.32. The molecule has 0 saturated carbocycles. The van der Waals surface area contributed by atoms with Crippen molar-refractivity contribution in [3.05, 3.63) is 90.5 Å². The maximum atomic E-state index is 14.0. The average Bonchev–Trinajstić information content (AvgIpc) is 2.71. The SMILES string of the molecule is O/C(=C(/C(=S)Nc1ccccc1F)[n+]1ccccc1)c1ccc(OC(F)F)cc1. The summed E-state index contributed by atoms with van der Waals surface area (Å²) in [5, 5.41) is 13.7. The van der Waals surface area contributed by atoms with E-state index in [1.54, 1.807) is 47.3 Å². The molecule has 8 heteroatoms. The number of nitrogens with zero attached hydrogens (tertiary/aromatic N) is 1. The van der Waals surface area contributed by atoms with Crippen molar-refractivity contribution in [2.24, 2.45) is 0 Å². The van der Waals surface area contributed by atoms with Gasteiger partial charge in [0.05, 0.1) is 5.69 Å². The number of aliphatic hydroxyl groups is 1. The molecule has 0 spiro atoms. The molecule has 0 saturated heterocycles. The Morgan fingerprint density at radius 2 is 1.62 bits per heavy atom. The summed E-state index contributed by atoms with van der Waals surface area (Å²) in [7, 11) is 0. The summed E-state index contributed by atoms with van der Waals surface area (Å²) < 4.78 is 44.6. The molecule has 4 nitrogen and oxygen atoms in total. The van der Waals surface area contributed by atoms with Crippen LogP contribution in [-0.2, 0) is 0 Å². The minimum Gasteiger partial charge on any atom is -0.502 e. The van der Waals surface area contributed by atoms with Crippen molar-refractivity contribution in [1.29, 1.82) is 0 Å². The molecule has 0 bridgehead atoms. The van der Waals surface area contributed by atoms with Crippen LogP contribution >= 0.6 is 12.2 Å². The number of ether oxygens (including phenoxy) is 1. The third-order valence-corrected chi connectivity index (χ3v) is 4.18. The van der Waals surface area contributed by atoms with Crippen LogP contribution in [0.5, 0.6) is 5.75 Å². The number of halogens is 3. The van der Waals surface area contributed by atoms with E-state index in [0.717, 1.165) is 0 Å². The predicted octanol–water partition coefficient (Wildman–Crippen LogP) is 5.04. The van der Waals surface area contributed by atoms with Gasteiger partial charge in [-0.3, -0.25) is 0 Å². The quantitative estimate of drug-likeness (QED) is 0.255. The second-order valence-corrected chi connectivity index (χ2v) is 6.23. The third-order valence-electron chi connectivity index (χ3n) is 3.89. The first-order valence-corrected chi connectivity index (χ1v) is 8.87. The number of hydrogen-bond donors (Lipinski definition) is 2. The van der Waals surface area contributed by atoms with E-state index < -0.39 is 12.4 Å². The van der Waals surface area contributed by atoms with Gasteiger partial charge in [0.15, 0.2) is 23.1 Å². The Bertz CT molecular complexity index is 1030. The van der Waals surface area contributed by atoms with Crippen molar-refractivity contribution in [1.82, 2.24) is 0 Å². The van der Waals surface area contributed by atoms with E-state index in [2.05, 4.69) is 10.1 Å². The maximum absolute atomic E-state index is 14.0. The lowest BCUT2D eigenvalue weighted by Gasteiger charge is -2.11. The van der Waals surface area contributed by atoms with Crippen molar-refractivity contribution in [3.8, 4) is 5.75 Å². The van der Waals surface area contributed by atoms with E-state index in [1.165, 1.54) is 36.4 Å². The average molecular weight is 417 g/mol. The Morgan fingerprint density at radius 1 is 0.966 bits per heavy atom. The first-order valence-electron chi connectivity index (χ1n) is 8.47. The molecule has 29 heavy (non-hydrogen) atoms. The minimum absolute atomic E-state index is 0.0440. The zero-order valence-corrected chi connectivity index (χ0v) is 15.7. The standard InChI is InChI=1S/C21H15F3N2O2S/c22-16-6-2-3-7-17(16)25-20(29)18(26-12-4-1-5-13-26)19(27)14-8-10-15(11-9-14)28-21(23)24/h1-13,21H,(H-,25,27,29)/p+1. The number of anilines is 1. The molecule has 0 atom stereocenters. The number of benzene rings is 2. The molecule has 2 aromatic carbocycles. The van der Waals surface area contributed by atoms with E-state index in [1.807, 2.05) is 0 Å². The van der Waals surface area contributed by atoms with Crippen LogP contribution in [0.4, 0.5) is 18.9 Å². The van der Waals surface area contributed by atoms with Gasteiger partial charge in [-0.05, 0) is 36.4 Å². The van der Waals surface area contributed by atoms with Crippen LogP contribution in [0, 0.1) is 5.82 Å². The summed E-state index contributed by atoms with van der Waals surface area (Å²) in [6, 6.07) is 16.7. The number of aliphatic hydroxyl groups excluding tert-OH is 1. The monoisotopic (exact) mass is 417 g/mol. The molecule has 0 aliphatic carbocycles. The van der Waals surface area contributed by atoms with Gasteiger partial charge in [0.2, 0.25) is 0 Å². The highest BCUT2D eigenvalue weighted by molar-refractivity contribution is 7.81. The van der Waals surface area contributed by atoms with Crippen LogP contribution in [0.2, 0.25) is 0 Å². The highest BCUT2D eigenvalue weighted by atomic mass is 32.1. The smallest absolute Gasteiger partial charge is 0.387 e. The summed E-state index contributed by atoms with van der Waals surface area (Å²) in [4.78, 5) is 0.0664. The first kappa shape index (κ1) is 20.3. The van der Waals surface area contributed by atoms with Crippen molar-refractivity contribution in [2.75, 3.05) is 5.32 Å². The Labute approximate surface area is 170 Å². The second kappa shape index (κ2) is 9.20. The summed E-state index contributed by atoms with van der Waals surface area (Å²) in [5.74, 6) is -0.767. The predicted molar refractivity (Wildman–Crippen MR) is 108 cm³/mol. The molecule has 0 aliphatic rings. The van der Waals surface area contributed by atoms with Gasteiger partial charge in [0, 0.05) is 17.7 Å². The Balaban J connectivity index is 2.00. The largest absolute Gasteiger partial charge is 0.502 e. The Hall–Kier alpha value is -3.39. The zero-order valence-electron chi connectivity index (χ0n) is 14.9. The topological polar surface area (TPSA) is 45.4 Å². The van der Waals surface area contributed by atoms with Crippen molar-refractivity contribution >= 4 is 34.3 Å². The van der Waals surface area contributed by atoms with Crippen molar-refractivity contribution in [3.63, 3.8) is 0 Å². The van der Waals surface area contributed by atoms with E-state index in [-0.39, 0.29) is 27.9 Å². The van der Waals surface area contributed by atoms with Crippen LogP contribution in [0.25, 0.3) is 11.5 Å². The fraction of sp³-hybridized carbons (Fsp3) is 0.0476. The maximum Gasteiger partial charge on any atom is 0.387 e. The molecule has 0 aliphatic heterocycles. The number of para-hydroxylation sites is 1. The van der Waals surface area contributed by atoms with Crippen molar-refractivity contribution < 1.29 is 27.6 Å². The first-order chi connectivity index (χ1) is 14.0. The van der Waals surface area contributed by atoms with Gasteiger partial charge in [-0.25, -0.2) is 4.39 Å². The van der Waals surface area contributed by atoms with Gasteiger partial charge in [-0.15, -0.1) is 0 Å². The highest BCUT2D eigenvalue weighted by Gasteiger charge is 2.24. The van der Waals surface area contributed by atoms with Gasteiger partial charge in [-0.2, -0.15) is 13.3 Å². The van der Waals surface area contributed by atoms with Gasteiger partial charge >= 0.3 is 6.61 Å². The zero-order chi connectivity index (χ0) is 20.8. The molecule has 0 fully saturated rings. The van der Waals surface area contributed by atoms with Crippen LogP contribution in [0.3, 0.4) is 0 Å². The number of alkyl halides is 2. The van der Waals surface area contributed by atoms with Crippen LogP contribution in [0.1, 0.15) is 5.56 Å². The molecular weight excluding hydrogens is 401 g/mol. The summed E-state index contributed by atoms with van der Waals surface area (Å²) >= 11 is 5.42. The highest BCUT2D eigenvalue weighted by Crippen LogP contribution is 2.23. The summed E-state index contributed by atoms with van der Waals surface area (Å²) in [6.45, 7) is -2.95. The Morgan fingerprint density at radius 3 is 2.24 bits per heavy atom. The number of thiocarbonyl (C=S) groups is 1. The number of nitrogens with one attached hydrogen (secondary N) is 1. The van der Waals surface area contributed by atoms with Gasteiger partial charge in [0.1, 0.15) is 11.6 Å².